The van der Waals surface area contributed by atoms with Crippen LogP contribution in [0.25, 0.3) is 10.2 Å². The zero-order valence-corrected chi connectivity index (χ0v) is 11.8. The van der Waals surface area contributed by atoms with E-state index in [1.165, 1.54) is 11.3 Å². The maximum atomic E-state index is 11.8. The van der Waals surface area contributed by atoms with Gasteiger partial charge in [-0.15, -0.1) is 11.3 Å². The Morgan fingerprint density at radius 3 is 2.89 bits per heavy atom. The smallest absolute Gasteiger partial charge is 0.251 e. The molecular formula is C11H13N3O3S2. The molecule has 6 nitrogen and oxygen atoms in total. The second-order valence-electron chi connectivity index (χ2n) is 3.96. The Hall–Kier alpha value is -1.51. The number of carbonyl (C=O) groups excluding carboxylic acids is 1. The molecular weight excluding hydrogens is 286 g/mol. The number of rotatable bonds is 5. The molecule has 0 atom stereocenters. The maximum absolute atomic E-state index is 11.8. The van der Waals surface area contributed by atoms with E-state index in [9.17, 15) is 13.2 Å². The standard InChI is InChI=1S/C11H13N3O3S2/c1-19(16,17)14-5-4-12-11(15)8-2-3-9-10(6-8)18-7-13-9/h2-3,6-7,14H,4-5H2,1H3,(H,12,15). The van der Waals surface area contributed by atoms with E-state index in [4.69, 9.17) is 0 Å². The number of nitrogens with one attached hydrogen (secondary N) is 2. The highest BCUT2D eigenvalue weighted by molar-refractivity contribution is 7.88. The Morgan fingerprint density at radius 2 is 2.16 bits per heavy atom. The summed E-state index contributed by atoms with van der Waals surface area (Å²) in [5.41, 5.74) is 3.12. The van der Waals surface area contributed by atoms with Crippen LogP contribution in [0.2, 0.25) is 0 Å². The lowest BCUT2D eigenvalue weighted by Gasteiger charge is -2.05. The van der Waals surface area contributed by atoms with E-state index < -0.39 is 10.0 Å². The minimum absolute atomic E-state index is 0.174. The van der Waals surface area contributed by atoms with Gasteiger partial charge in [-0.05, 0) is 18.2 Å². The summed E-state index contributed by atoms with van der Waals surface area (Å²) in [5, 5.41) is 2.65. The molecule has 0 aliphatic rings. The molecule has 0 fully saturated rings. The van der Waals surface area contributed by atoms with Gasteiger partial charge in [-0.2, -0.15) is 0 Å². The summed E-state index contributed by atoms with van der Waals surface area (Å²) in [7, 11) is -3.22. The van der Waals surface area contributed by atoms with Gasteiger partial charge in [-0.1, -0.05) is 0 Å². The number of benzene rings is 1. The van der Waals surface area contributed by atoms with E-state index in [-0.39, 0.29) is 19.0 Å². The van der Waals surface area contributed by atoms with E-state index in [0.717, 1.165) is 16.5 Å². The fourth-order valence-electron chi connectivity index (χ4n) is 1.51. The van der Waals surface area contributed by atoms with E-state index in [0.29, 0.717) is 5.56 Å². The van der Waals surface area contributed by atoms with Crippen LogP contribution in [0.15, 0.2) is 23.7 Å². The number of hydrogen-bond donors (Lipinski definition) is 2. The molecule has 2 rings (SSSR count). The van der Waals surface area contributed by atoms with E-state index in [1.54, 1.807) is 23.7 Å². The average molecular weight is 299 g/mol. The molecule has 0 saturated heterocycles. The zero-order chi connectivity index (χ0) is 13.9. The molecule has 2 aromatic rings. The highest BCUT2D eigenvalue weighted by Gasteiger charge is 2.07. The van der Waals surface area contributed by atoms with Crippen LogP contribution in [-0.4, -0.2) is 38.7 Å². The Balaban J connectivity index is 1.92. The van der Waals surface area contributed by atoms with E-state index in [1.807, 2.05) is 0 Å². The first-order chi connectivity index (χ1) is 8.96. The summed E-state index contributed by atoms with van der Waals surface area (Å²) in [6.45, 7) is 0.417. The predicted octanol–water partition coefficient (Wildman–Crippen LogP) is 0.575. The van der Waals surface area contributed by atoms with Crippen LogP contribution in [-0.2, 0) is 10.0 Å². The molecule has 1 amide bonds. The fourth-order valence-corrected chi connectivity index (χ4v) is 2.70. The van der Waals surface area contributed by atoms with Crippen LogP contribution in [0.1, 0.15) is 10.4 Å². The molecule has 0 aliphatic carbocycles. The van der Waals surface area contributed by atoms with Crippen molar-refractivity contribution in [3.8, 4) is 0 Å². The Kier molecular flexibility index (Phi) is 4.13. The third kappa shape index (κ3) is 3.98. The molecule has 8 heteroatoms. The zero-order valence-electron chi connectivity index (χ0n) is 10.2. The maximum Gasteiger partial charge on any atom is 0.251 e. The Bertz CT molecular complexity index is 694. The number of sulfonamides is 1. The number of carbonyl (C=O) groups is 1. The molecule has 1 aromatic carbocycles. The molecule has 1 heterocycles. The number of thiazole rings is 1. The fraction of sp³-hybridized carbons (Fsp3) is 0.273. The largest absolute Gasteiger partial charge is 0.351 e. The lowest BCUT2D eigenvalue weighted by molar-refractivity contribution is 0.0954. The van der Waals surface area contributed by atoms with Crippen molar-refractivity contribution in [2.75, 3.05) is 19.3 Å². The lowest BCUT2D eigenvalue weighted by atomic mass is 10.2. The third-order valence-corrected chi connectivity index (χ3v) is 3.89. The van der Waals surface area contributed by atoms with Gasteiger partial charge < -0.3 is 5.32 Å². The molecule has 0 aliphatic heterocycles. The SMILES string of the molecule is CS(=O)(=O)NCCNC(=O)c1ccc2ncsc2c1. The second kappa shape index (κ2) is 5.64. The predicted molar refractivity (Wildman–Crippen MR) is 74.8 cm³/mol. The Morgan fingerprint density at radius 1 is 1.37 bits per heavy atom. The molecule has 102 valence electrons. The number of hydrogen-bond acceptors (Lipinski definition) is 5. The molecule has 0 bridgehead atoms. The van der Waals surface area contributed by atoms with Crippen molar-refractivity contribution in [3.05, 3.63) is 29.3 Å². The molecule has 2 N–H and O–H groups in total. The summed E-state index contributed by atoms with van der Waals surface area (Å²) in [5.74, 6) is -0.231. The summed E-state index contributed by atoms with van der Waals surface area (Å²) in [6.07, 6.45) is 1.08. The van der Waals surface area contributed by atoms with Crippen molar-refractivity contribution >= 4 is 37.5 Å². The topological polar surface area (TPSA) is 88.2 Å². The van der Waals surface area contributed by atoms with Crippen molar-refractivity contribution in [2.45, 2.75) is 0 Å². The molecule has 0 saturated carbocycles. The van der Waals surface area contributed by atoms with Gasteiger partial charge in [0.2, 0.25) is 10.0 Å². The van der Waals surface area contributed by atoms with E-state index >= 15 is 0 Å². The van der Waals surface area contributed by atoms with Gasteiger partial charge >= 0.3 is 0 Å². The van der Waals surface area contributed by atoms with Crippen LogP contribution < -0.4 is 10.0 Å². The summed E-state index contributed by atoms with van der Waals surface area (Å²) >= 11 is 1.47. The first kappa shape index (κ1) is 13.9. The summed E-state index contributed by atoms with van der Waals surface area (Å²) in [4.78, 5) is 16.0. The van der Waals surface area contributed by atoms with Crippen LogP contribution in [0.3, 0.4) is 0 Å². The molecule has 0 spiro atoms. The number of nitrogens with zero attached hydrogens (tertiary/aromatic N) is 1. The van der Waals surface area contributed by atoms with E-state index in [2.05, 4.69) is 15.0 Å². The molecule has 0 unspecified atom stereocenters. The van der Waals surface area contributed by atoms with Crippen LogP contribution in [0, 0.1) is 0 Å². The average Bonchev–Trinajstić information content (AvgIpc) is 2.80. The molecule has 19 heavy (non-hydrogen) atoms. The van der Waals surface area contributed by atoms with Gasteiger partial charge in [0.15, 0.2) is 0 Å². The molecule has 0 radical (unpaired) electrons. The van der Waals surface area contributed by atoms with Crippen LogP contribution >= 0.6 is 11.3 Å². The lowest BCUT2D eigenvalue weighted by Crippen LogP contribution is -2.34. The van der Waals surface area contributed by atoms with Gasteiger partial charge in [0.25, 0.3) is 5.91 Å². The summed E-state index contributed by atoms with van der Waals surface area (Å²) < 4.78 is 24.9. The highest BCUT2D eigenvalue weighted by atomic mass is 32.2. The highest BCUT2D eigenvalue weighted by Crippen LogP contribution is 2.18. The van der Waals surface area contributed by atoms with Gasteiger partial charge in [0, 0.05) is 18.7 Å². The minimum atomic E-state index is -3.22. The second-order valence-corrected chi connectivity index (χ2v) is 6.68. The van der Waals surface area contributed by atoms with Crippen molar-refractivity contribution in [3.63, 3.8) is 0 Å². The van der Waals surface area contributed by atoms with Crippen molar-refractivity contribution in [2.24, 2.45) is 0 Å². The van der Waals surface area contributed by atoms with Crippen molar-refractivity contribution in [1.82, 2.24) is 15.0 Å². The number of aromatic nitrogens is 1. The van der Waals surface area contributed by atoms with Gasteiger partial charge in [-0.25, -0.2) is 18.1 Å². The van der Waals surface area contributed by atoms with Gasteiger partial charge in [0.1, 0.15) is 0 Å². The number of fused-ring (bicyclic) bond motifs is 1. The monoisotopic (exact) mass is 299 g/mol. The minimum Gasteiger partial charge on any atom is -0.351 e. The first-order valence-electron chi connectivity index (χ1n) is 5.52. The summed E-state index contributed by atoms with van der Waals surface area (Å²) in [6, 6.07) is 5.25. The van der Waals surface area contributed by atoms with Crippen LogP contribution in [0.5, 0.6) is 0 Å². The Labute approximate surface area is 114 Å². The third-order valence-electron chi connectivity index (χ3n) is 2.37. The molecule has 1 aromatic heterocycles. The van der Waals surface area contributed by atoms with Crippen molar-refractivity contribution < 1.29 is 13.2 Å². The first-order valence-corrected chi connectivity index (χ1v) is 8.29. The van der Waals surface area contributed by atoms with Gasteiger partial charge in [0.05, 0.1) is 22.0 Å². The van der Waals surface area contributed by atoms with Crippen molar-refractivity contribution in [1.29, 1.82) is 0 Å². The van der Waals surface area contributed by atoms with Crippen LogP contribution in [0.4, 0.5) is 0 Å². The number of amides is 1. The van der Waals surface area contributed by atoms with Gasteiger partial charge in [-0.3, -0.25) is 4.79 Å². The normalized spacial score (nSPS) is 11.6. The quantitative estimate of drug-likeness (QED) is 0.790.